The Bertz CT molecular complexity index is 451. The molecule has 3 heteroatoms. The number of methoxy groups -OCH3 is 1. The monoisotopic (exact) mass is 318 g/mol. The summed E-state index contributed by atoms with van der Waals surface area (Å²) in [7, 11) is 1.49. The molecule has 0 aliphatic heterocycles. The number of ether oxygens (including phenoxy) is 2. The normalized spacial score (nSPS) is 11.3. The van der Waals surface area contributed by atoms with E-state index in [1.807, 2.05) is 30.3 Å². The lowest BCUT2D eigenvalue weighted by atomic mass is 10.1. The van der Waals surface area contributed by atoms with E-state index in [9.17, 15) is 4.79 Å². The Morgan fingerprint density at radius 1 is 0.957 bits per heavy atom. The fourth-order valence-corrected chi connectivity index (χ4v) is 2.37. The molecule has 0 spiro atoms. The van der Waals surface area contributed by atoms with Gasteiger partial charge in [-0.15, -0.1) is 0 Å². The highest BCUT2D eigenvalue weighted by Crippen LogP contribution is 2.11. The summed E-state index contributed by atoms with van der Waals surface area (Å²) < 4.78 is 10.4. The standard InChI is InChI=1S/C20H30O3/c1-3-4-5-6-7-8-9-13-16-23-20(21)19(22-2)17-18-14-11-10-12-15-18/h10-12,14-15,17H,3-9,13,16H2,1-2H3. The highest BCUT2D eigenvalue weighted by molar-refractivity contribution is 5.91. The molecule has 0 amide bonds. The molecule has 0 radical (unpaired) electrons. The van der Waals surface area contributed by atoms with Crippen molar-refractivity contribution in [3.63, 3.8) is 0 Å². The van der Waals surface area contributed by atoms with Crippen molar-refractivity contribution in [3.05, 3.63) is 41.7 Å². The van der Waals surface area contributed by atoms with Crippen LogP contribution in [0.5, 0.6) is 0 Å². The lowest BCUT2D eigenvalue weighted by Crippen LogP contribution is -2.10. The molecule has 0 atom stereocenters. The molecular weight excluding hydrogens is 288 g/mol. The van der Waals surface area contributed by atoms with Gasteiger partial charge in [0.25, 0.3) is 0 Å². The van der Waals surface area contributed by atoms with Crippen LogP contribution in [0.15, 0.2) is 36.1 Å². The number of hydrogen-bond donors (Lipinski definition) is 0. The Morgan fingerprint density at radius 2 is 1.57 bits per heavy atom. The van der Waals surface area contributed by atoms with Crippen molar-refractivity contribution in [2.45, 2.75) is 58.3 Å². The third-order valence-corrected chi connectivity index (χ3v) is 3.75. The average Bonchev–Trinajstić information content (AvgIpc) is 2.59. The first kappa shape index (κ1) is 19.3. The van der Waals surface area contributed by atoms with Gasteiger partial charge >= 0.3 is 5.97 Å². The van der Waals surface area contributed by atoms with Gasteiger partial charge in [-0.05, 0) is 18.1 Å². The van der Waals surface area contributed by atoms with Crippen LogP contribution >= 0.6 is 0 Å². The van der Waals surface area contributed by atoms with Crippen molar-refractivity contribution < 1.29 is 14.3 Å². The van der Waals surface area contributed by atoms with Gasteiger partial charge in [0.05, 0.1) is 13.7 Å². The molecule has 23 heavy (non-hydrogen) atoms. The zero-order chi connectivity index (χ0) is 16.8. The van der Waals surface area contributed by atoms with Crippen molar-refractivity contribution in [2.24, 2.45) is 0 Å². The largest absolute Gasteiger partial charge is 0.490 e. The minimum Gasteiger partial charge on any atom is -0.490 e. The second-order valence-corrected chi connectivity index (χ2v) is 5.73. The van der Waals surface area contributed by atoms with Gasteiger partial charge in [0.1, 0.15) is 0 Å². The number of hydrogen-bond acceptors (Lipinski definition) is 3. The molecule has 1 aromatic rings. The molecule has 128 valence electrons. The summed E-state index contributed by atoms with van der Waals surface area (Å²) >= 11 is 0. The van der Waals surface area contributed by atoms with Gasteiger partial charge < -0.3 is 9.47 Å². The Labute approximate surface area is 140 Å². The van der Waals surface area contributed by atoms with E-state index in [1.165, 1.54) is 45.6 Å². The maximum Gasteiger partial charge on any atom is 0.373 e. The van der Waals surface area contributed by atoms with Crippen LogP contribution in [0.2, 0.25) is 0 Å². The Hall–Kier alpha value is -1.77. The predicted octanol–water partition coefficient (Wildman–Crippen LogP) is 5.36. The summed E-state index contributed by atoms with van der Waals surface area (Å²) in [4.78, 5) is 12.0. The molecule has 0 N–H and O–H groups in total. The topological polar surface area (TPSA) is 35.5 Å². The first-order valence-electron chi connectivity index (χ1n) is 8.75. The smallest absolute Gasteiger partial charge is 0.373 e. The Balaban J connectivity index is 2.18. The molecule has 1 aromatic carbocycles. The summed E-state index contributed by atoms with van der Waals surface area (Å²) in [5, 5.41) is 0. The highest BCUT2D eigenvalue weighted by Gasteiger charge is 2.11. The van der Waals surface area contributed by atoms with E-state index in [1.54, 1.807) is 6.08 Å². The molecule has 0 heterocycles. The fourth-order valence-electron chi connectivity index (χ4n) is 2.37. The van der Waals surface area contributed by atoms with Gasteiger partial charge in [0.2, 0.25) is 5.76 Å². The van der Waals surface area contributed by atoms with Crippen LogP contribution in [-0.4, -0.2) is 19.7 Å². The first-order valence-corrected chi connectivity index (χ1v) is 8.75. The van der Waals surface area contributed by atoms with Crippen LogP contribution in [-0.2, 0) is 14.3 Å². The van der Waals surface area contributed by atoms with Crippen LogP contribution in [0.3, 0.4) is 0 Å². The van der Waals surface area contributed by atoms with Crippen LogP contribution in [0.4, 0.5) is 0 Å². The molecule has 0 saturated carbocycles. The highest BCUT2D eigenvalue weighted by atomic mass is 16.6. The van der Waals surface area contributed by atoms with Crippen molar-refractivity contribution in [3.8, 4) is 0 Å². The maximum atomic E-state index is 12.0. The van der Waals surface area contributed by atoms with Gasteiger partial charge in [-0.3, -0.25) is 0 Å². The van der Waals surface area contributed by atoms with Crippen molar-refractivity contribution >= 4 is 12.0 Å². The quantitative estimate of drug-likeness (QED) is 0.225. The van der Waals surface area contributed by atoms with Gasteiger partial charge in [-0.1, -0.05) is 82.2 Å². The van der Waals surface area contributed by atoms with Gasteiger partial charge in [-0.2, -0.15) is 0 Å². The molecule has 0 aliphatic rings. The van der Waals surface area contributed by atoms with Gasteiger partial charge in [0.15, 0.2) is 0 Å². The Morgan fingerprint density at radius 3 is 2.17 bits per heavy atom. The lowest BCUT2D eigenvalue weighted by Gasteiger charge is -2.07. The maximum absolute atomic E-state index is 12.0. The number of unbranched alkanes of at least 4 members (excludes halogenated alkanes) is 7. The summed E-state index contributed by atoms with van der Waals surface area (Å²) in [6.07, 6.45) is 11.5. The van der Waals surface area contributed by atoms with Crippen molar-refractivity contribution in [1.82, 2.24) is 0 Å². The molecule has 3 nitrogen and oxygen atoms in total. The fraction of sp³-hybridized carbons (Fsp3) is 0.550. The molecule has 0 aromatic heterocycles. The third-order valence-electron chi connectivity index (χ3n) is 3.75. The minimum absolute atomic E-state index is 0.246. The van der Waals surface area contributed by atoms with E-state index in [-0.39, 0.29) is 11.7 Å². The van der Waals surface area contributed by atoms with E-state index in [0.29, 0.717) is 6.61 Å². The summed E-state index contributed by atoms with van der Waals surface area (Å²) in [5.41, 5.74) is 0.924. The van der Waals surface area contributed by atoms with Gasteiger partial charge in [-0.25, -0.2) is 4.79 Å². The molecule has 0 aliphatic carbocycles. The average molecular weight is 318 g/mol. The van der Waals surface area contributed by atoms with Gasteiger partial charge in [0, 0.05) is 0 Å². The minimum atomic E-state index is -0.390. The number of benzene rings is 1. The summed E-state index contributed by atoms with van der Waals surface area (Å²) in [6, 6.07) is 9.62. The van der Waals surface area contributed by atoms with E-state index < -0.39 is 0 Å². The zero-order valence-electron chi connectivity index (χ0n) is 14.6. The molecule has 0 saturated heterocycles. The molecular formula is C20H30O3. The molecule has 1 rings (SSSR count). The third kappa shape index (κ3) is 9.07. The molecule has 0 unspecified atom stereocenters. The lowest BCUT2D eigenvalue weighted by molar-refractivity contribution is -0.142. The number of rotatable bonds is 12. The summed E-state index contributed by atoms with van der Waals surface area (Å²) in [6.45, 7) is 2.69. The van der Waals surface area contributed by atoms with Crippen LogP contribution in [0, 0.1) is 0 Å². The molecule has 0 fully saturated rings. The van der Waals surface area contributed by atoms with Crippen LogP contribution in [0.25, 0.3) is 6.08 Å². The molecule has 0 bridgehead atoms. The number of carbonyl (C=O) groups is 1. The first-order chi connectivity index (χ1) is 11.3. The second-order valence-electron chi connectivity index (χ2n) is 5.73. The Kier molecular flexibility index (Phi) is 10.7. The van der Waals surface area contributed by atoms with Crippen LogP contribution in [0.1, 0.15) is 63.9 Å². The second kappa shape index (κ2) is 12.7. The van der Waals surface area contributed by atoms with Crippen molar-refractivity contribution in [2.75, 3.05) is 13.7 Å². The van der Waals surface area contributed by atoms with E-state index >= 15 is 0 Å². The number of carbonyl (C=O) groups excluding carboxylic acids is 1. The predicted molar refractivity (Wildman–Crippen MR) is 95.0 cm³/mol. The zero-order valence-corrected chi connectivity index (χ0v) is 14.6. The summed E-state index contributed by atoms with van der Waals surface area (Å²) in [5.74, 6) is -0.143. The van der Waals surface area contributed by atoms with Crippen LogP contribution < -0.4 is 0 Å². The van der Waals surface area contributed by atoms with E-state index in [2.05, 4.69) is 6.92 Å². The SMILES string of the molecule is CCCCCCCCCCOC(=O)C(=Cc1ccccc1)OC. The van der Waals surface area contributed by atoms with E-state index in [0.717, 1.165) is 18.4 Å². The number of esters is 1. The van der Waals surface area contributed by atoms with E-state index in [4.69, 9.17) is 9.47 Å². The van der Waals surface area contributed by atoms with Crippen molar-refractivity contribution in [1.29, 1.82) is 0 Å².